The van der Waals surface area contributed by atoms with Gasteiger partial charge in [-0.05, 0) is 42.7 Å². The molecule has 0 radical (unpaired) electrons. The molecule has 2 rings (SSSR count). The van der Waals surface area contributed by atoms with E-state index in [0.717, 1.165) is 11.8 Å². The van der Waals surface area contributed by atoms with Crippen LogP contribution < -0.4 is 0 Å². The number of thioether (sulfide) groups is 1. The molecule has 0 aliphatic carbocycles. The number of nitrogens with zero attached hydrogens (tertiary/aromatic N) is 3. The highest BCUT2D eigenvalue weighted by atomic mass is 35.5. The van der Waals surface area contributed by atoms with E-state index in [1.807, 2.05) is 6.07 Å². The molecule has 0 saturated heterocycles. The summed E-state index contributed by atoms with van der Waals surface area (Å²) >= 11 is 6.89. The normalized spacial score (nSPS) is 13.3. The van der Waals surface area contributed by atoms with Gasteiger partial charge in [-0.1, -0.05) is 11.6 Å². The van der Waals surface area contributed by atoms with Crippen molar-refractivity contribution in [1.82, 2.24) is 4.98 Å². The maximum Gasteiger partial charge on any atom is 0.200 e. The molecular weight excluding hydrogens is 354 g/mol. The molecule has 0 amide bonds. The predicted molar refractivity (Wildman–Crippen MR) is 92.9 cm³/mol. The Balaban J connectivity index is 2.46. The monoisotopic (exact) mass is 365 g/mol. The van der Waals surface area contributed by atoms with E-state index in [2.05, 4.69) is 9.98 Å². The number of hydrogen-bond acceptors (Lipinski definition) is 6. The Kier molecular flexibility index (Phi) is 5.77. The summed E-state index contributed by atoms with van der Waals surface area (Å²) in [4.78, 5) is 8.20. The Bertz CT molecular complexity index is 845. The number of pyridine rings is 1. The number of halogens is 1. The standard InChI is InChI=1S/C15H12ClN3O2S2/c1-22-15(19-12-3-2-8-18-10-12)14(9-17)23(20,21)13-6-4-11(16)5-7-13/h2-8,10,14H,1H3. The van der Waals surface area contributed by atoms with E-state index in [1.165, 1.54) is 30.5 Å². The van der Waals surface area contributed by atoms with Gasteiger partial charge in [0.15, 0.2) is 5.25 Å². The van der Waals surface area contributed by atoms with Gasteiger partial charge in [-0.2, -0.15) is 5.26 Å². The maximum absolute atomic E-state index is 12.7. The van der Waals surface area contributed by atoms with Gasteiger partial charge in [0.05, 0.1) is 22.8 Å². The molecule has 0 aliphatic rings. The van der Waals surface area contributed by atoms with Crippen LogP contribution in [0, 0.1) is 11.3 Å². The first-order valence-corrected chi connectivity index (χ1v) is 9.55. The summed E-state index contributed by atoms with van der Waals surface area (Å²) < 4.78 is 25.4. The molecule has 1 aromatic carbocycles. The SMILES string of the molecule is CSC(=Nc1cccnc1)C(C#N)S(=O)(=O)c1ccc(Cl)cc1. The molecule has 0 spiro atoms. The van der Waals surface area contributed by atoms with Crippen molar-refractivity contribution in [2.45, 2.75) is 10.1 Å². The zero-order chi connectivity index (χ0) is 16.9. The third kappa shape index (κ3) is 4.10. The first kappa shape index (κ1) is 17.5. The summed E-state index contributed by atoms with van der Waals surface area (Å²) in [6.45, 7) is 0. The van der Waals surface area contributed by atoms with Crippen molar-refractivity contribution in [1.29, 1.82) is 5.26 Å². The van der Waals surface area contributed by atoms with Gasteiger partial charge in [0.2, 0.25) is 9.84 Å². The van der Waals surface area contributed by atoms with E-state index in [9.17, 15) is 13.7 Å². The van der Waals surface area contributed by atoms with E-state index in [4.69, 9.17) is 11.6 Å². The molecule has 1 unspecified atom stereocenters. The van der Waals surface area contributed by atoms with Crippen molar-refractivity contribution in [2.24, 2.45) is 4.99 Å². The average molecular weight is 366 g/mol. The Labute approximate surface area is 144 Å². The highest BCUT2D eigenvalue weighted by Crippen LogP contribution is 2.24. The van der Waals surface area contributed by atoms with Crippen LogP contribution in [0.1, 0.15) is 0 Å². The first-order valence-electron chi connectivity index (χ1n) is 6.40. The van der Waals surface area contributed by atoms with Gasteiger partial charge in [0.25, 0.3) is 0 Å². The predicted octanol–water partition coefficient (Wildman–Crippen LogP) is 3.49. The zero-order valence-corrected chi connectivity index (χ0v) is 14.4. The molecular formula is C15H12ClN3O2S2. The van der Waals surface area contributed by atoms with Crippen LogP contribution in [-0.4, -0.2) is 30.0 Å². The summed E-state index contributed by atoms with van der Waals surface area (Å²) in [5.74, 6) is 0. The molecule has 0 aliphatic heterocycles. The van der Waals surface area contributed by atoms with Crippen LogP contribution in [0.25, 0.3) is 0 Å². The number of aliphatic imine (C=N–C) groups is 1. The Hall–Kier alpha value is -1.88. The highest BCUT2D eigenvalue weighted by Gasteiger charge is 2.32. The minimum atomic E-state index is -3.89. The van der Waals surface area contributed by atoms with E-state index in [0.29, 0.717) is 10.7 Å². The van der Waals surface area contributed by atoms with Crippen molar-refractivity contribution < 1.29 is 8.42 Å². The number of aromatic nitrogens is 1. The van der Waals surface area contributed by atoms with Crippen LogP contribution in [0.4, 0.5) is 5.69 Å². The van der Waals surface area contributed by atoms with Crippen LogP contribution in [0.5, 0.6) is 0 Å². The summed E-state index contributed by atoms with van der Waals surface area (Å²) in [7, 11) is -3.89. The Morgan fingerprint density at radius 3 is 2.57 bits per heavy atom. The van der Waals surface area contributed by atoms with Gasteiger partial charge in [-0.15, -0.1) is 11.8 Å². The van der Waals surface area contributed by atoms with E-state index in [1.54, 1.807) is 24.6 Å². The van der Waals surface area contributed by atoms with Crippen LogP contribution in [0.3, 0.4) is 0 Å². The molecule has 1 heterocycles. The molecule has 23 heavy (non-hydrogen) atoms. The number of nitriles is 1. The van der Waals surface area contributed by atoms with Crippen molar-refractivity contribution in [3.8, 4) is 6.07 Å². The summed E-state index contributed by atoms with van der Waals surface area (Å²) in [6, 6.07) is 10.9. The minimum Gasteiger partial charge on any atom is -0.262 e. The Morgan fingerprint density at radius 1 is 1.35 bits per heavy atom. The highest BCUT2D eigenvalue weighted by molar-refractivity contribution is 8.15. The third-order valence-electron chi connectivity index (χ3n) is 2.89. The number of sulfone groups is 1. The number of hydrogen-bond donors (Lipinski definition) is 0. The molecule has 8 heteroatoms. The van der Waals surface area contributed by atoms with Gasteiger partial charge in [0.1, 0.15) is 5.04 Å². The van der Waals surface area contributed by atoms with E-state index >= 15 is 0 Å². The molecule has 5 nitrogen and oxygen atoms in total. The fourth-order valence-corrected chi connectivity index (χ4v) is 4.28. The summed E-state index contributed by atoms with van der Waals surface area (Å²) in [5.41, 5.74) is 0.489. The molecule has 118 valence electrons. The second-order valence-electron chi connectivity index (χ2n) is 4.37. The van der Waals surface area contributed by atoms with Gasteiger partial charge in [-0.25, -0.2) is 13.4 Å². The van der Waals surface area contributed by atoms with Gasteiger partial charge in [-0.3, -0.25) is 4.98 Å². The maximum atomic E-state index is 12.7. The average Bonchev–Trinajstić information content (AvgIpc) is 2.55. The molecule has 0 fully saturated rings. The molecule has 1 aromatic heterocycles. The minimum absolute atomic E-state index is 0.0291. The Morgan fingerprint density at radius 2 is 2.04 bits per heavy atom. The van der Waals surface area contributed by atoms with Crippen molar-refractivity contribution >= 4 is 43.9 Å². The van der Waals surface area contributed by atoms with E-state index in [-0.39, 0.29) is 9.94 Å². The quantitative estimate of drug-likeness (QED) is 0.611. The van der Waals surface area contributed by atoms with Gasteiger partial charge >= 0.3 is 0 Å². The molecule has 0 saturated carbocycles. The lowest BCUT2D eigenvalue weighted by Crippen LogP contribution is -2.27. The van der Waals surface area contributed by atoms with Crippen molar-refractivity contribution in [2.75, 3.05) is 6.26 Å². The largest absolute Gasteiger partial charge is 0.262 e. The second-order valence-corrected chi connectivity index (χ2v) is 7.67. The van der Waals surface area contributed by atoms with Crippen molar-refractivity contribution in [3.63, 3.8) is 0 Å². The summed E-state index contributed by atoms with van der Waals surface area (Å²) in [5, 5.41) is 8.62. The lowest BCUT2D eigenvalue weighted by Gasteiger charge is -2.12. The van der Waals surface area contributed by atoms with Crippen LogP contribution >= 0.6 is 23.4 Å². The summed E-state index contributed by atoms with van der Waals surface area (Å²) in [6.07, 6.45) is 4.76. The molecule has 1 atom stereocenters. The fourth-order valence-electron chi connectivity index (χ4n) is 1.78. The zero-order valence-electron chi connectivity index (χ0n) is 12.0. The van der Waals surface area contributed by atoms with Gasteiger partial charge in [0, 0.05) is 11.2 Å². The van der Waals surface area contributed by atoms with Crippen molar-refractivity contribution in [3.05, 3.63) is 53.8 Å². The second kappa shape index (κ2) is 7.59. The fraction of sp³-hybridized carbons (Fsp3) is 0.133. The van der Waals surface area contributed by atoms with Crippen LogP contribution in [0.15, 0.2) is 58.7 Å². The topological polar surface area (TPSA) is 83.2 Å². The lowest BCUT2D eigenvalue weighted by atomic mass is 10.4. The molecule has 0 N–H and O–H groups in total. The third-order valence-corrected chi connectivity index (χ3v) is 5.91. The molecule has 2 aromatic rings. The van der Waals surface area contributed by atoms with Crippen LogP contribution in [0.2, 0.25) is 5.02 Å². The lowest BCUT2D eigenvalue weighted by molar-refractivity contribution is 0.596. The first-order chi connectivity index (χ1) is 11.0. The van der Waals surface area contributed by atoms with Gasteiger partial charge < -0.3 is 0 Å². The van der Waals surface area contributed by atoms with E-state index < -0.39 is 15.1 Å². The smallest absolute Gasteiger partial charge is 0.200 e. The van der Waals surface area contributed by atoms with Crippen LogP contribution in [-0.2, 0) is 9.84 Å². The number of benzene rings is 1. The number of rotatable bonds is 4. The molecule has 0 bridgehead atoms.